The van der Waals surface area contributed by atoms with Gasteiger partial charge in [0.1, 0.15) is 226 Å². The van der Waals surface area contributed by atoms with Crippen molar-refractivity contribution in [1.82, 2.24) is 0 Å². The second-order valence-corrected chi connectivity index (χ2v) is 26.5. The molecule has 614 valence electrons. The van der Waals surface area contributed by atoms with Crippen LogP contribution in [-0.2, 0) is 85.3 Å². The Balaban J connectivity index is 1.02. The van der Waals surface area contributed by atoms with Crippen LogP contribution in [0.25, 0.3) is 0 Å². The Bertz CT molecular complexity index is 2570. The molecule has 0 aromatic carbocycles. The fourth-order valence-electron chi connectivity index (χ4n) is 12.8. The van der Waals surface area contributed by atoms with Crippen LogP contribution in [0.4, 0.5) is 0 Å². The summed E-state index contributed by atoms with van der Waals surface area (Å²) < 4.78 is 104. The highest BCUT2D eigenvalue weighted by Gasteiger charge is 2.59. The summed E-state index contributed by atoms with van der Waals surface area (Å²) in [4.78, 5) is 0. The molecule has 9 heterocycles. The molecule has 9 aliphatic rings. The van der Waals surface area contributed by atoms with Gasteiger partial charge in [0.25, 0.3) is 0 Å². The SMILES string of the molecule is OC[C@@H](O)[C@@H](O[C@@H]1O[C@H](CO[C@H]2OC[C@@H](O)[C@H](O)[C@H]2O[C@@H]2O[C@H](CO)[C@H](O)[C@H](O)[C@H]2O[C@@H]2O[C@@H](CO)[C@@H](O)[C@@H](O)[C@@H]2O)[C@@H](O[C@@H]2O[C@H](CO[C@H]3OC[C@@H](O)[C@H](O)[C@H]3O[C@@H]3O[C@H](CO)[C@H](O)[C@H](O)[C@H]3O)[C@@H](O[C@@H]3O[C@H](CO[C@H]4OC[C@@H](O)[C@H](O)[C@H]4O)[C@@H](O)[C@H](O)[C@H]3O)[C@H](O)[C@H]2O)[C@H](O)[C@H]1O)[C@H](O)[C@@H](O)CO. The molecule has 0 radical (unpaired) electrons. The van der Waals surface area contributed by atoms with Crippen molar-refractivity contribution in [3.63, 3.8) is 0 Å². The molecule has 0 aliphatic carbocycles. The third-order valence-electron chi connectivity index (χ3n) is 19.3. The topological polar surface area (TPSA) is 773 Å². The first-order valence-electron chi connectivity index (χ1n) is 33.3. The van der Waals surface area contributed by atoms with Gasteiger partial charge in [-0.15, -0.1) is 0 Å². The Kier molecular flexibility index (Phi) is 31.7. The largest absolute Gasteiger partial charge is 0.394 e. The van der Waals surface area contributed by atoms with Crippen LogP contribution in [-0.4, -0.2) is 508 Å². The molecule has 0 spiro atoms. The van der Waals surface area contributed by atoms with Crippen LogP contribution in [0.1, 0.15) is 0 Å². The summed E-state index contributed by atoms with van der Waals surface area (Å²) in [6, 6.07) is 0. The summed E-state index contributed by atoms with van der Waals surface area (Å²) in [7, 11) is 0. The summed E-state index contributed by atoms with van der Waals surface area (Å²) in [5, 5.41) is 325. The quantitative estimate of drug-likeness (QED) is 0.0331. The monoisotopic (exact) mass is 1550 g/mol. The van der Waals surface area contributed by atoms with E-state index in [1.807, 2.05) is 0 Å². The van der Waals surface area contributed by atoms with Gasteiger partial charge in [0, 0.05) is 0 Å². The molecule has 0 amide bonds. The summed E-state index contributed by atoms with van der Waals surface area (Å²) in [6.45, 7) is -10.8. The third-order valence-corrected chi connectivity index (χ3v) is 19.3. The Hall–Kier alpha value is -1.92. The Labute approximate surface area is 592 Å². The molecule has 105 heavy (non-hydrogen) atoms. The Morgan fingerprint density at radius 1 is 0.257 bits per heavy atom. The van der Waals surface area contributed by atoms with Gasteiger partial charge in [-0.05, 0) is 0 Å². The zero-order valence-corrected chi connectivity index (χ0v) is 55.1. The van der Waals surface area contributed by atoms with Crippen molar-refractivity contribution < 1.29 is 238 Å². The van der Waals surface area contributed by atoms with Crippen molar-refractivity contribution >= 4 is 0 Å². The van der Waals surface area contributed by atoms with Crippen LogP contribution >= 0.6 is 0 Å². The molecular formula is C57H98O48. The maximum atomic E-state index is 12.2. The lowest BCUT2D eigenvalue weighted by atomic mass is 9.95. The van der Waals surface area contributed by atoms with Crippen LogP contribution < -0.4 is 0 Å². The fraction of sp³-hybridized carbons (Fsp3) is 1.00. The number of hydrogen-bond donors (Lipinski definition) is 30. The van der Waals surface area contributed by atoms with Crippen molar-refractivity contribution in [2.45, 2.75) is 282 Å². The van der Waals surface area contributed by atoms with E-state index in [1.165, 1.54) is 0 Å². The van der Waals surface area contributed by atoms with Gasteiger partial charge in [0.15, 0.2) is 56.6 Å². The maximum Gasteiger partial charge on any atom is 0.187 e. The predicted octanol–water partition coefficient (Wildman–Crippen LogP) is -21.3. The molecule has 9 saturated heterocycles. The normalized spacial score (nSPS) is 50.8. The number of aliphatic hydroxyl groups excluding tert-OH is 30. The Morgan fingerprint density at radius 3 is 0.971 bits per heavy atom. The van der Waals surface area contributed by atoms with Gasteiger partial charge in [-0.3, -0.25) is 0 Å². The van der Waals surface area contributed by atoms with Crippen LogP contribution in [0, 0.1) is 0 Å². The number of ether oxygens (including phenoxy) is 18. The first-order chi connectivity index (χ1) is 49.7. The van der Waals surface area contributed by atoms with E-state index in [1.54, 1.807) is 0 Å². The zero-order chi connectivity index (χ0) is 77.1. The van der Waals surface area contributed by atoms with Crippen molar-refractivity contribution in [2.24, 2.45) is 0 Å². The molecule has 9 rings (SSSR count). The zero-order valence-electron chi connectivity index (χ0n) is 55.1. The highest BCUT2D eigenvalue weighted by molar-refractivity contribution is 5.01. The maximum absolute atomic E-state index is 12.2. The van der Waals surface area contributed by atoms with Crippen LogP contribution in [0.2, 0.25) is 0 Å². The van der Waals surface area contributed by atoms with E-state index < -0.39 is 355 Å². The molecule has 48 heteroatoms. The summed E-state index contributed by atoms with van der Waals surface area (Å²) >= 11 is 0. The molecule has 30 N–H and O–H groups in total. The van der Waals surface area contributed by atoms with Crippen LogP contribution in [0.15, 0.2) is 0 Å². The minimum atomic E-state index is -2.56. The van der Waals surface area contributed by atoms with Gasteiger partial charge in [0.2, 0.25) is 0 Å². The van der Waals surface area contributed by atoms with E-state index in [0.717, 1.165) is 0 Å². The average Bonchev–Trinajstić information content (AvgIpc) is 0.778. The number of rotatable bonds is 29. The van der Waals surface area contributed by atoms with Gasteiger partial charge >= 0.3 is 0 Å². The highest BCUT2D eigenvalue weighted by Crippen LogP contribution is 2.38. The molecule has 0 unspecified atom stereocenters. The molecular weight excluding hydrogens is 1450 g/mol. The molecule has 0 bridgehead atoms. The second kappa shape index (κ2) is 38.3. The predicted molar refractivity (Wildman–Crippen MR) is 314 cm³/mol. The minimum absolute atomic E-state index is 0.560. The average molecular weight is 1550 g/mol. The lowest BCUT2D eigenvalue weighted by Gasteiger charge is -2.49. The highest BCUT2D eigenvalue weighted by atomic mass is 16.8. The molecule has 48 nitrogen and oxygen atoms in total. The van der Waals surface area contributed by atoms with Gasteiger partial charge in [-0.1, -0.05) is 0 Å². The molecule has 0 saturated carbocycles. The smallest absolute Gasteiger partial charge is 0.187 e. The summed E-state index contributed by atoms with van der Waals surface area (Å²) in [6.07, 6.45) is -96.7. The molecule has 9 aliphatic heterocycles. The lowest BCUT2D eigenvalue weighted by Crippen LogP contribution is -2.67. The van der Waals surface area contributed by atoms with E-state index >= 15 is 0 Å². The molecule has 46 atom stereocenters. The van der Waals surface area contributed by atoms with E-state index in [0.29, 0.717) is 0 Å². The van der Waals surface area contributed by atoms with Gasteiger partial charge in [-0.25, -0.2) is 0 Å². The first kappa shape index (κ1) is 87.1. The number of hydrogen-bond acceptors (Lipinski definition) is 48. The van der Waals surface area contributed by atoms with Gasteiger partial charge in [-0.2, -0.15) is 0 Å². The van der Waals surface area contributed by atoms with E-state index in [2.05, 4.69) is 0 Å². The summed E-state index contributed by atoms with van der Waals surface area (Å²) in [5.74, 6) is 0. The van der Waals surface area contributed by atoms with Crippen LogP contribution in [0.5, 0.6) is 0 Å². The molecule has 0 aromatic rings. The van der Waals surface area contributed by atoms with Crippen molar-refractivity contribution in [1.29, 1.82) is 0 Å². The third kappa shape index (κ3) is 19.3. The first-order valence-corrected chi connectivity index (χ1v) is 33.3. The van der Waals surface area contributed by atoms with Crippen LogP contribution in [0.3, 0.4) is 0 Å². The standard InChI is InChI=1S/C57H98O48/c58-1-12(63)24(69)43(13(64)2-59)100-53-41(86)35(80)45(21(98-53)10-93-56-47(26(71)16(67)8-90-56)105-57-48(34(79)29(74)19(5-62)96-57)104-51-39(84)32(77)28(73)18(4-61)95-51)102-54-42(87)36(81)44(101-52-40(85)33(78)30(75)20(97-52)9-91-49-37(82)23(68)14(65)6-88-49)22(99-54)11-92-55-46(25(70)15(66)7-89-55)103-50-38(83)31(76)27(72)17(3-60)94-50/h12-87H,1-11H2/t12-,13+,14+,15+,16+,17+,18-,19+,20+,21+,22+,23-,24+,25-,26-,27-,28+,29-,30+,31-,32+,33-,34-,35+,36+,37+,38+,39-,40+,41+,42+,43+,44+,45+,46+,47+,48+,49+,50-,51-,52-,53-,54-,55+,56+,57-/m0/s1. The minimum Gasteiger partial charge on any atom is -0.394 e. The second-order valence-electron chi connectivity index (χ2n) is 26.5. The van der Waals surface area contributed by atoms with Crippen molar-refractivity contribution in [3.8, 4) is 0 Å². The van der Waals surface area contributed by atoms with Gasteiger partial charge < -0.3 is 238 Å². The molecule has 0 aromatic heterocycles. The lowest BCUT2D eigenvalue weighted by molar-refractivity contribution is -0.397. The molecule has 9 fully saturated rings. The van der Waals surface area contributed by atoms with Crippen molar-refractivity contribution in [2.75, 3.05) is 72.7 Å². The van der Waals surface area contributed by atoms with Crippen molar-refractivity contribution in [3.05, 3.63) is 0 Å². The van der Waals surface area contributed by atoms with E-state index in [-0.39, 0.29) is 0 Å². The van der Waals surface area contributed by atoms with Gasteiger partial charge in [0.05, 0.1) is 72.7 Å². The van der Waals surface area contributed by atoms with E-state index in [4.69, 9.17) is 85.3 Å². The Morgan fingerprint density at radius 2 is 0.543 bits per heavy atom. The number of aliphatic hydroxyl groups is 30. The van der Waals surface area contributed by atoms with E-state index in [9.17, 15) is 153 Å². The summed E-state index contributed by atoms with van der Waals surface area (Å²) in [5.41, 5.74) is 0. The fourth-order valence-corrected chi connectivity index (χ4v) is 12.8.